The Morgan fingerprint density at radius 1 is 1.12 bits per heavy atom. The van der Waals surface area contributed by atoms with Crippen molar-refractivity contribution in [2.45, 2.75) is 44.0 Å². The highest BCUT2D eigenvalue weighted by Gasteiger charge is 2.34. The molecule has 0 radical (unpaired) electrons. The number of nitrogens with one attached hydrogen (secondary N) is 1. The zero-order chi connectivity index (χ0) is 23.5. The molecule has 0 saturated carbocycles. The van der Waals surface area contributed by atoms with Crippen LogP contribution in [0.4, 0.5) is 5.69 Å². The van der Waals surface area contributed by atoms with Crippen molar-refractivity contribution in [3.05, 3.63) is 59.1 Å². The smallest absolute Gasteiger partial charge is 0.338 e. The summed E-state index contributed by atoms with van der Waals surface area (Å²) in [4.78, 5) is 24.7. The second kappa shape index (κ2) is 9.99. The van der Waals surface area contributed by atoms with Gasteiger partial charge in [-0.2, -0.15) is 4.31 Å². The van der Waals surface area contributed by atoms with Crippen LogP contribution in [-0.2, 0) is 24.3 Å². The van der Waals surface area contributed by atoms with Crippen LogP contribution in [0.25, 0.3) is 0 Å². The molecule has 1 aliphatic rings. The molecule has 1 amide bonds. The minimum absolute atomic E-state index is 0.0109. The minimum atomic E-state index is -3.97. The average molecular weight is 481 g/mol. The van der Waals surface area contributed by atoms with E-state index in [-0.39, 0.29) is 40.8 Å². The van der Waals surface area contributed by atoms with E-state index in [1.807, 2.05) is 6.07 Å². The minimum Gasteiger partial charge on any atom is -0.449 e. The number of nitrogens with zero attached hydrogens (tertiary/aromatic N) is 1. The van der Waals surface area contributed by atoms with Gasteiger partial charge in [0, 0.05) is 18.8 Å². The fourth-order valence-electron chi connectivity index (χ4n) is 3.34. The van der Waals surface area contributed by atoms with E-state index >= 15 is 0 Å². The highest BCUT2D eigenvalue weighted by atomic mass is 35.5. The Morgan fingerprint density at radius 2 is 1.75 bits per heavy atom. The van der Waals surface area contributed by atoms with Crippen LogP contribution in [0.2, 0.25) is 5.02 Å². The van der Waals surface area contributed by atoms with Crippen molar-refractivity contribution in [3.63, 3.8) is 0 Å². The number of benzene rings is 2. The second-order valence-corrected chi connectivity index (χ2v) is 9.94. The molecule has 0 bridgehead atoms. The number of sulfonamides is 1. The lowest BCUT2D eigenvalue weighted by molar-refractivity contribution is -0.123. The maximum absolute atomic E-state index is 13.2. The molecular formula is C22H25ClN2O6S. The first-order valence-electron chi connectivity index (χ1n) is 10.1. The Hall–Kier alpha value is -2.46. The Kier molecular flexibility index (Phi) is 7.55. The summed E-state index contributed by atoms with van der Waals surface area (Å²) in [6, 6.07) is 12.6. The number of para-hydroxylation sites is 1. The standard InChI is InChI=1S/C22H25ClN2O6S/c1-14-12-25(13-15(2)30-14)32(28,29)20-11-17(9-10-19(20)23)22(27)31-16(3)21(26)24-18-7-5-4-6-8-18/h4-11,14-16H,12-13H2,1-3H3,(H,24,26). The number of carbonyl (C=O) groups excluding carboxylic acids is 2. The highest BCUT2D eigenvalue weighted by molar-refractivity contribution is 7.89. The monoisotopic (exact) mass is 480 g/mol. The lowest BCUT2D eigenvalue weighted by Crippen LogP contribution is -2.48. The molecule has 10 heteroatoms. The number of anilines is 1. The van der Waals surface area contributed by atoms with Crippen molar-refractivity contribution in [3.8, 4) is 0 Å². The van der Waals surface area contributed by atoms with E-state index in [0.717, 1.165) is 0 Å². The van der Waals surface area contributed by atoms with E-state index in [9.17, 15) is 18.0 Å². The van der Waals surface area contributed by atoms with Gasteiger partial charge in [-0.1, -0.05) is 29.8 Å². The van der Waals surface area contributed by atoms with Crippen LogP contribution in [0.15, 0.2) is 53.4 Å². The molecule has 1 aliphatic heterocycles. The highest BCUT2D eigenvalue weighted by Crippen LogP contribution is 2.28. The van der Waals surface area contributed by atoms with Crippen molar-refractivity contribution >= 4 is 39.2 Å². The molecule has 1 saturated heterocycles. The molecule has 1 N–H and O–H groups in total. The second-order valence-electron chi connectivity index (χ2n) is 7.63. The fraction of sp³-hybridized carbons (Fsp3) is 0.364. The molecule has 3 rings (SSSR count). The first kappa shape index (κ1) is 24.2. The molecule has 2 aromatic carbocycles. The van der Waals surface area contributed by atoms with Gasteiger partial charge < -0.3 is 14.8 Å². The van der Waals surface area contributed by atoms with E-state index in [0.29, 0.717) is 5.69 Å². The third kappa shape index (κ3) is 5.66. The Bertz CT molecular complexity index is 1080. The number of hydrogen-bond donors (Lipinski definition) is 1. The number of rotatable bonds is 6. The molecule has 3 atom stereocenters. The summed E-state index contributed by atoms with van der Waals surface area (Å²) in [7, 11) is -3.97. The number of amides is 1. The largest absolute Gasteiger partial charge is 0.449 e. The van der Waals surface area contributed by atoms with Crippen LogP contribution in [0.5, 0.6) is 0 Å². The van der Waals surface area contributed by atoms with E-state index in [4.69, 9.17) is 21.1 Å². The number of halogens is 1. The molecule has 0 aliphatic carbocycles. The van der Waals surface area contributed by atoms with Gasteiger partial charge in [-0.3, -0.25) is 4.79 Å². The predicted molar refractivity (Wildman–Crippen MR) is 120 cm³/mol. The molecule has 0 aromatic heterocycles. The van der Waals surface area contributed by atoms with Crippen LogP contribution < -0.4 is 5.32 Å². The van der Waals surface area contributed by atoms with Crippen molar-refractivity contribution in [2.24, 2.45) is 0 Å². The number of ether oxygens (including phenoxy) is 2. The SMILES string of the molecule is CC1CN(S(=O)(=O)c2cc(C(=O)OC(C)C(=O)Nc3ccccc3)ccc2Cl)CC(C)O1. The third-order valence-corrected chi connectivity index (χ3v) is 7.18. The van der Waals surface area contributed by atoms with Gasteiger partial charge in [0.1, 0.15) is 4.90 Å². The summed E-state index contributed by atoms with van der Waals surface area (Å²) in [6.45, 7) is 5.36. The molecule has 1 heterocycles. The zero-order valence-electron chi connectivity index (χ0n) is 17.9. The lowest BCUT2D eigenvalue weighted by atomic mass is 10.2. The van der Waals surface area contributed by atoms with E-state index in [1.54, 1.807) is 38.1 Å². The topological polar surface area (TPSA) is 102 Å². The van der Waals surface area contributed by atoms with Gasteiger partial charge in [0.15, 0.2) is 6.10 Å². The van der Waals surface area contributed by atoms with Crippen molar-refractivity contribution < 1.29 is 27.5 Å². The van der Waals surface area contributed by atoms with Gasteiger partial charge in [-0.25, -0.2) is 13.2 Å². The van der Waals surface area contributed by atoms with Crippen LogP contribution in [0, 0.1) is 0 Å². The quantitative estimate of drug-likeness (QED) is 0.636. The summed E-state index contributed by atoms with van der Waals surface area (Å²) in [6.07, 6.45) is -1.65. The molecule has 3 unspecified atom stereocenters. The van der Waals surface area contributed by atoms with Crippen molar-refractivity contribution in [2.75, 3.05) is 18.4 Å². The van der Waals surface area contributed by atoms with E-state index in [1.165, 1.54) is 29.4 Å². The van der Waals surface area contributed by atoms with Gasteiger partial charge in [-0.15, -0.1) is 0 Å². The fourth-order valence-corrected chi connectivity index (χ4v) is 5.43. The van der Waals surface area contributed by atoms with E-state index < -0.39 is 28.0 Å². The number of hydrogen-bond acceptors (Lipinski definition) is 6. The number of esters is 1. The van der Waals surface area contributed by atoms with Gasteiger partial charge in [0.05, 0.1) is 22.8 Å². The molecule has 172 valence electrons. The molecule has 1 fully saturated rings. The lowest BCUT2D eigenvalue weighted by Gasteiger charge is -2.34. The molecular weight excluding hydrogens is 456 g/mol. The van der Waals surface area contributed by atoms with Crippen molar-refractivity contribution in [1.82, 2.24) is 4.31 Å². The van der Waals surface area contributed by atoms with Crippen molar-refractivity contribution in [1.29, 1.82) is 0 Å². The summed E-state index contributed by atoms with van der Waals surface area (Å²) >= 11 is 6.17. The third-order valence-electron chi connectivity index (χ3n) is 4.87. The first-order chi connectivity index (χ1) is 15.1. The zero-order valence-corrected chi connectivity index (χ0v) is 19.5. The molecule has 2 aromatic rings. The average Bonchev–Trinajstić information content (AvgIpc) is 2.73. The van der Waals surface area contributed by atoms with Crippen LogP contribution in [0.3, 0.4) is 0 Å². The summed E-state index contributed by atoms with van der Waals surface area (Å²) in [5.74, 6) is -1.35. The van der Waals surface area contributed by atoms with E-state index in [2.05, 4.69) is 5.32 Å². The number of carbonyl (C=O) groups is 2. The summed E-state index contributed by atoms with van der Waals surface area (Å²) in [5.41, 5.74) is 0.538. The normalized spacial score (nSPS) is 20.4. The van der Waals surface area contributed by atoms with Gasteiger partial charge >= 0.3 is 5.97 Å². The first-order valence-corrected chi connectivity index (χ1v) is 11.9. The molecule has 32 heavy (non-hydrogen) atoms. The van der Waals surface area contributed by atoms with Crippen LogP contribution >= 0.6 is 11.6 Å². The van der Waals surface area contributed by atoms with Gasteiger partial charge in [0.25, 0.3) is 5.91 Å². The summed E-state index contributed by atoms with van der Waals surface area (Å²) in [5, 5.41) is 2.63. The predicted octanol–water partition coefficient (Wildman–Crippen LogP) is 3.32. The Balaban J connectivity index is 1.75. The maximum atomic E-state index is 13.2. The summed E-state index contributed by atoms with van der Waals surface area (Å²) < 4.78 is 38.5. The van der Waals surface area contributed by atoms with Gasteiger partial charge in [0.2, 0.25) is 10.0 Å². The Labute approximate surface area is 192 Å². The van der Waals surface area contributed by atoms with Gasteiger partial charge in [-0.05, 0) is 51.1 Å². The Morgan fingerprint density at radius 3 is 2.38 bits per heavy atom. The number of morpholine rings is 1. The maximum Gasteiger partial charge on any atom is 0.338 e. The van der Waals surface area contributed by atoms with Crippen LogP contribution in [-0.4, -0.2) is 56.0 Å². The molecule has 8 nitrogen and oxygen atoms in total. The molecule has 0 spiro atoms. The van der Waals surface area contributed by atoms with Crippen LogP contribution in [0.1, 0.15) is 31.1 Å².